The Morgan fingerprint density at radius 2 is 1.93 bits per heavy atom. The number of imidazole rings is 1. The molecular weight excluding hydrogens is 400 g/mol. The van der Waals surface area contributed by atoms with Crippen molar-refractivity contribution < 1.29 is 9.18 Å². The molecule has 0 saturated carbocycles. The van der Waals surface area contributed by atoms with E-state index in [-0.39, 0.29) is 18.1 Å². The largest absolute Gasteiger partial charge is 0.344 e. The second kappa shape index (κ2) is 8.50. The zero-order valence-corrected chi connectivity index (χ0v) is 17.6. The highest BCUT2D eigenvalue weighted by Gasteiger charge is 2.25. The number of likely N-dealkylation sites (N-methyl/N-ethyl adjacent to an activating group) is 1. The first-order valence-electron chi connectivity index (χ1n) is 9.17. The molecular formula is C21H22Cl2FN3O. The van der Waals surface area contributed by atoms with E-state index in [9.17, 15) is 9.18 Å². The van der Waals surface area contributed by atoms with Gasteiger partial charge in [0.1, 0.15) is 17.7 Å². The number of nitrogens with zero attached hydrogens (tertiary/aromatic N) is 3. The third kappa shape index (κ3) is 4.01. The molecule has 7 heteroatoms. The lowest BCUT2D eigenvalue weighted by Crippen LogP contribution is -2.34. The van der Waals surface area contributed by atoms with Crippen LogP contribution < -0.4 is 0 Å². The van der Waals surface area contributed by atoms with Crippen LogP contribution in [0.5, 0.6) is 0 Å². The second-order valence-corrected chi connectivity index (χ2v) is 7.67. The van der Waals surface area contributed by atoms with Gasteiger partial charge in [0.15, 0.2) is 0 Å². The molecule has 3 aromatic rings. The summed E-state index contributed by atoms with van der Waals surface area (Å²) < 4.78 is 16.1. The molecule has 0 N–H and O–H groups in total. The van der Waals surface area contributed by atoms with Crippen molar-refractivity contribution in [2.75, 3.05) is 13.6 Å². The van der Waals surface area contributed by atoms with Gasteiger partial charge in [-0.25, -0.2) is 9.37 Å². The maximum absolute atomic E-state index is 14.2. The number of hydrogen-bond acceptors (Lipinski definition) is 2. The normalized spacial score (nSPS) is 12.4. The van der Waals surface area contributed by atoms with Crippen molar-refractivity contribution >= 4 is 40.1 Å². The predicted molar refractivity (Wildman–Crippen MR) is 112 cm³/mol. The average Bonchev–Trinajstić information content (AvgIpc) is 2.99. The Morgan fingerprint density at radius 3 is 2.61 bits per heavy atom. The van der Waals surface area contributed by atoms with Crippen LogP contribution in [0.4, 0.5) is 4.39 Å². The van der Waals surface area contributed by atoms with Crippen LogP contribution in [0.2, 0.25) is 10.0 Å². The molecule has 3 rings (SSSR count). The van der Waals surface area contributed by atoms with Gasteiger partial charge in [0, 0.05) is 20.0 Å². The van der Waals surface area contributed by atoms with E-state index >= 15 is 0 Å². The van der Waals surface area contributed by atoms with Gasteiger partial charge in [-0.2, -0.15) is 0 Å². The van der Waals surface area contributed by atoms with Gasteiger partial charge in [0.25, 0.3) is 0 Å². The zero-order chi connectivity index (χ0) is 20.4. The molecule has 1 atom stereocenters. The van der Waals surface area contributed by atoms with E-state index in [1.807, 2.05) is 18.4 Å². The molecule has 1 aromatic heterocycles. The van der Waals surface area contributed by atoms with Crippen molar-refractivity contribution in [3.8, 4) is 0 Å². The van der Waals surface area contributed by atoms with Crippen LogP contribution >= 0.6 is 23.2 Å². The molecule has 0 aliphatic carbocycles. The van der Waals surface area contributed by atoms with Crippen molar-refractivity contribution in [2.45, 2.75) is 32.7 Å². The smallest absolute Gasteiger partial charge is 0.245 e. The number of hydrogen-bond donors (Lipinski definition) is 0. The predicted octanol–water partition coefficient (Wildman–Crippen LogP) is 5.50. The molecule has 0 aliphatic rings. The SMILES string of the molecule is CCCN(C)C(=O)[C@@H](C)n1c(Cc2ccccc2F)nc2cc(Cl)c(Cl)cc21. The number of carbonyl (C=O) groups is 1. The van der Waals surface area contributed by atoms with Crippen molar-refractivity contribution in [1.82, 2.24) is 14.5 Å². The Labute approximate surface area is 173 Å². The maximum atomic E-state index is 14.2. The van der Waals surface area contributed by atoms with Gasteiger partial charge in [-0.15, -0.1) is 0 Å². The molecule has 0 spiro atoms. The Bertz CT molecular complexity index is 1020. The fraction of sp³-hybridized carbons (Fsp3) is 0.333. The molecule has 148 valence electrons. The highest BCUT2D eigenvalue weighted by Crippen LogP contribution is 2.31. The molecule has 0 bridgehead atoms. The van der Waals surface area contributed by atoms with Gasteiger partial charge in [-0.1, -0.05) is 48.3 Å². The van der Waals surface area contributed by atoms with Crippen molar-refractivity contribution in [2.24, 2.45) is 0 Å². The molecule has 2 aromatic carbocycles. The van der Waals surface area contributed by atoms with E-state index in [1.165, 1.54) is 6.07 Å². The Hall–Kier alpha value is -2.11. The van der Waals surface area contributed by atoms with Gasteiger partial charge in [0.05, 0.1) is 21.1 Å². The highest BCUT2D eigenvalue weighted by atomic mass is 35.5. The molecule has 1 heterocycles. The van der Waals surface area contributed by atoms with Gasteiger partial charge >= 0.3 is 0 Å². The minimum Gasteiger partial charge on any atom is -0.344 e. The third-order valence-corrected chi connectivity index (χ3v) is 5.51. The fourth-order valence-corrected chi connectivity index (χ4v) is 3.70. The van der Waals surface area contributed by atoms with E-state index in [4.69, 9.17) is 23.2 Å². The molecule has 0 radical (unpaired) electrons. The lowest BCUT2D eigenvalue weighted by molar-refractivity contribution is -0.132. The fourth-order valence-electron chi connectivity index (χ4n) is 3.38. The summed E-state index contributed by atoms with van der Waals surface area (Å²) in [5.74, 6) is 0.241. The van der Waals surface area contributed by atoms with Gasteiger partial charge in [0.2, 0.25) is 5.91 Å². The molecule has 0 aliphatic heterocycles. The summed E-state index contributed by atoms with van der Waals surface area (Å²) in [5.41, 5.74) is 1.84. The molecule has 0 unspecified atom stereocenters. The van der Waals surface area contributed by atoms with E-state index in [1.54, 1.807) is 42.3 Å². The lowest BCUT2D eigenvalue weighted by Gasteiger charge is -2.23. The zero-order valence-electron chi connectivity index (χ0n) is 16.0. The van der Waals surface area contributed by atoms with E-state index in [0.717, 1.165) is 6.42 Å². The molecule has 0 fully saturated rings. The Kier molecular flexibility index (Phi) is 6.26. The Balaban J connectivity index is 2.13. The summed E-state index contributed by atoms with van der Waals surface area (Å²) in [7, 11) is 1.78. The number of aromatic nitrogens is 2. The van der Waals surface area contributed by atoms with Gasteiger partial charge in [-0.3, -0.25) is 4.79 Å². The minimum atomic E-state index is -0.513. The van der Waals surface area contributed by atoms with Crippen LogP contribution in [-0.2, 0) is 11.2 Å². The summed E-state index contributed by atoms with van der Waals surface area (Å²) in [5, 5.41) is 0.771. The monoisotopic (exact) mass is 421 g/mol. The van der Waals surface area contributed by atoms with Crippen molar-refractivity contribution in [3.63, 3.8) is 0 Å². The second-order valence-electron chi connectivity index (χ2n) is 6.86. The molecule has 28 heavy (non-hydrogen) atoms. The van der Waals surface area contributed by atoms with Crippen LogP contribution in [0, 0.1) is 5.82 Å². The number of carbonyl (C=O) groups excluding carboxylic acids is 1. The van der Waals surface area contributed by atoms with Gasteiger partial charge in [-0.05, 0) is 37.1 Å². The highest BCUT2D eigenvalue weighted by molar-refractivity contribution is 6.42. The summed E-state index contributed by atoms with van der Waals surface area (Å²) in [6.07, 6.45) is 1.12. The summed E-state index contributed by atoms with van der Waals surface area (Å²) in [6.45, 7) is 4.50. The molecule has 1 amide bonds. The first kappa shape index (κ1) is 20.6. The maximum Gasteiger partial charge on any atom is 0.245 e. The number of benzene rings is 2. The lowest BCUT2D eigenvalue weighted by atomic mass is 10.1. The summed E-state index contributed by atoms with van der Waals surface area (Å²) in [6, 6.07) is 9.43. The number of amides is 1. The number of halogens is 3. The number of rotatable bonds is 6. The average molecular weight is 422 g/mol. The molecule has 0 saturated heterocycles. The number of fused-ring (bicyclic) bond motifs is 1. The van der Waals surface area contributed by atoms with E-state index in [0.29, 0.717) is 39.0 Å². The van der Waals surface area contributed by atoms with E-state index < -0.39 is 6.04 Å². The van der Waals surface area contributed by atoms with Crippen molar-refractivity contribution in [1.29, 1.82) is 0 Å². The van der Waals surface area contributed by atoms with Crippen LogP contribution in [0.15, 0.2) is 36.4 Å². The Morgan fingerprint density at radius 1 is 1.25 bits per heavy atom. The first-order valence-corrected chi connectivity index (χ1v) is 9.93. The van der Waals surface area contributed by atoms with E-state index in [2.05, 4.69) is 4.98 Å². The van der Waals surface area contributed by atoms with Crippen LogP contribution in [0.25, 0.3) is 11.0 Å². The quantitative estimate of drug-likeness (QED) is 0.526. The van der Waals surface area contributed by atoms with Crippen LogP contribution in [0.3, 0.4) is 0 Å². The summed E-state index contributed by atoms with van der Waals surface area (Å²) >= 11 is 12.4. The first-order chi connectivity index (χ1) is 13.3. The van der Waals surface area contributed by atoms with Crippen LogP contribution in [0.1, 0.15) is 37.7 Å². The standard InChI is InChI=1S/C21H22Cl2FN3O/c1-4-9-26(3)21(28)13(2)27-19-12-16(23)15(22)11-18(19)25-20(27)10-14-7-5-6-8-17(14)24/h5-8,11-13H,4,9-10H2,1-3H3/t13-/m1/s1. The van der Waals surface area contributed by atoms with Gasteiger partial charge < -0.3 is 9.47 Å². The van der Waals surface area contributed by atoms with Crippen molar-refractivity contribution in [3.05, 3.63) is 63.6 Å². The summed E-state index contributed by atoms with van der Waals surface area (Å²) in [4.78, 5) is 19.3. The third-order valence-electron chi connectivity index (χ3n) is 4.79. The topological polar surface area (TPSA) is 38.1 Å². The minimum absolute atomic E-state index is 0.0398. The van der Waals surface area contributed by atoms with Crippen LogP contribution in [-0.4, -0.2) is 34.0 Å². The molecule has 4 nitrogen and oxygen atoms in total.